The van der Waals surface area contributed by atoms with Crippen LogP contribution in [0.15, 0.2) is 34.9 Å². The van der Waals surface area contributed by atoms with E-state index in [0.29, 0.717) is 22.0 Å². The first-order valence-corrected chi connectivity index (χ1v) is 6.99. The molecular formula is C15H15ClN2O4. The molecule has 0 unspecified atom stereocenters. The maximum absolute atomic E-state index is 12.0. The molecule has 0 bridgehead atoms. The van der Waals surface area contributed by atoms with Crippen LogP contribution in [-0.4, -0.2) is 23.1 Å². The number of amides is 1. The van der Waals surface area contributed by atoms with Crippen molar-refractivity contribution >= 4 is 23.5 Å². The van der Waals surface area contributed by atoms with E-state index < -0.39 is 17.9 Å². The van der Waals surface area contributed by atoms with Crippen LogP contribution in [-0.2, 0) is 16.1 Å². The summed E-state index contributed by atoms with van der Waals surface area (Å²) in [6, 6.07) is 7.45. The van der Waals surface area contributed by atoms with Crippen LogP contribution in [0.3, 0.4) is 0 Å². The van der Waals surface area contributed by atoms with Crippen LogP contribution in [0.2, 0.25) is 5.02 Å². The topological polar surface area (TPSA) is 81.4 Å². The zero-order valence-corrected chi connectivity index (χ0v) is 12.9. The van der Waals surface area contributed by atoms with Crippen LogP contribution < -0.4 is 5.32 Å². The number of halogens is 1. The van der Waals surface area contributed by atoms with E-state index in [9.17, 15) is 9.59 Å². The van der Waals surface area contributed by atoms with E-state index in [4.69, 9.17) is 20.9 Å². The molecule has 0 saturated carbocycles. The molecule has 2 rings (SSSR count). The van der Waals surface area contributed by atoms with Gasteiger partial charge in [0.05, 0.1) is 10.6 Å². The fraction of sp³-hybridized carbons (Fsp3) is 0.267. The Hall–Kier alpha value is -2.34. The standard InChI is InChI=1S/C15H15ClN2O4/c1-9-7-11(18-22-9)8-21-15(20)10(2)17-14(19)12-5-3-4-6-13(12)16/h3-7,10H,8H2,1-2H3,(H,17,19)/t10-/m0/s1. The molecule has 0 aliphatic heterocycles. The minimum Gasteiger partial charge on any atom is -0.458 e. The lowest BCUT2D eigenvalue weighted by atomic mass is 10.2. The van der Waals surface area contributed by atoms with Gasteiger partial charge in [0.25, 0.3) is 5.91 Å². The highest BCUT2D eigenvalue weighted by Gasteiger charge is 2.19. The molecule has 0 fully saturated rings. The van der Waals surface area contributed by atoms with Gasteiger partial charge in [-0.3, -0.25) is 4.79 Å². The monoisotopic (exact) mass is 322 g/mol. The molecular weight excluding hydrogens is 308 g/mol. The van der Waals surface area contributed by atoms with Crippen molar-refractivity contribution in [1.29, 1.82) is 0 Å². The van der Waals surface area contributed by atoms with Crippen molar-refractivity contribution in [2.75, 3.05) is 0 Å². The largest absolute Gasteiger partial charge is 0.458 e. The third kappa shape index (κ3) is 4.08. The summed E-state index contributed by atoms with van der Waals surface area (Å²) in [4.78, 5) is 23.9. The Balaban J connectivity index is 1.88. The zero-order chi connectivity index (χ0) is 16.1. The van der Waals surface area contributed by atoms with Gasteiger partial charge in [0.15, 0.2) is 0 Å². The number of hydrogen-bond donors (Lipinski definition) is 1. The Morgan fingerprint density at radius 1 is 1.41 bits per heavy atom. The van der Waals surface area contributed by atoms with Crippen LogP contribution in [0.1, 0.15) is 28.7 Å². The van der Waals surface area contributed by atoms with Gasteiger partial charge in [-0.25, -0.2) is 4.79 Å². The molecule has 0 saturated heterocycles. The van der Waals surface area contributed by atoms with Crippen molar-refractivity contribution in [3.05, 3.63) is 52.4 Å². The van der Waals surface area contributed by atoms with E-state index in [-0.39, 0.29) is 6.61 Å². The van der Waals surface area contributed by atoms with Crippen molar-refractivity contribution in [3.8, 4) is 0 Å². The van der Waals surface area contributed by atoms with E-state index in [1.807, 2.05) is 0 Å². The quantitative estimate of drug-likeness (QED) is 0.855. The van der Waals surface area contributed by atoms with Crippen LogP contribution in [0.5, 0.6) is 0 Å². The highest BCUT2D eigenvalue weighted by Crippen LogP contribution is 2.14. The smallest absolute Gasteiger partial charge is 0.328 e. The van der Waals surface area contributed by atoms with Gasteiger partial charge in [0, 0.05) is 6.07 Å². The highest BCUT2D eigenvalue weighted by atomic mass is 35.5. The molecule has 7 heteroatoms. The number of nitrogens with zero attached hydrogens (tertiary/aromatic N) is 1. The van der Waals surface area contributed by atoms with Gasteiger partial charge < -0.3 is 14.6 Å². The minimum absolute atomic E-state index is 0.0114. The predicted octanol–water partition coefficient (Wildman–Crippen LogP) is 2.50. The van der Waals surface area contributed by atoms with E-state index in [1.165, 1.54) is 6.92 Å². The van der Waals surface area contributed by atoms with Crippen LogP contribution in [0.4, 0.5) is 0 Å². The highest BCUT2D eigenvalue weighted by molar-refractivity contribution is 6.33. The van der Waals surface area contributed by atoms with E-state index in [2.05, 4.69) is 10.5 Å². The molecule has 0 spiro atoms. The molecule has 1 amide bonds. The molecule has 0 aliphatic rings. The summed E-state index contributed by atoms with van der Waals surface area (Å²) < 4.78 is 9.93. The number of carbonyl (C=O) groups is 2. The number of nitrogens with one attached hydrogen (secondary N) is 1. The van der Waals surface area contributed by atoms with Gasteiger partial charge >= 0.3 is 5.97 Å². The van der Waals surface area contributed by atoms with Gasteiger partial charge in [-0.2, -0.15) is 0 Å². The van der Waals surface area contributed by atoms with Gasteiger partial charge in [0.1, 0.15) is 24.1 Å². The number of hydrogen-bond acceptors (Lipinski definition) is 5. The van der Waals surface area contributed by atoms with Crippen LogP contribution in [0.25, 0.3) is 0 Å². The number of ether oxygens (including phenoxy) is 1. The fourth-order valence-corrected chi connectivity index (χ4v) is 1.96. The summed E-state index contributed by atoms with van der Waals surface area (Å²) in [6.07, 6.45) is 0. The number of carbonyl (C=O) groups excluding carboxylic acids is 2. The van der Waals surface area contributed by atoms with Crippen molar-refractivity contribution in [2.24, 2.45) is 0 Å². The third-order valence-corrected chi connectivity index (χ3v) is 3.19. The molecule has 1 atom stereocenters. The number of benzene rings is 1. The predicted molar refractivity (Wildman–Crippen MR) is 79.4 cm³/mol. The van der Waals surface area contributed by atoms with E-state index in [0.717, 1.165) is 0 Å². The third-order valence-electron chi connectivity index (χ3n) is 2.86. The Morgan fingerprint density at radius 3 is 2.77 bits per heavy atom. The molecule has 2 aromatic rings. The van der Waals surface area contributed by atoms with Gasteiger partial charge in [-0.1, -0.05) is 28.9 Å². The summed E-state index contributed by atoms with van der Waals surface area (Å²) in [5.74, 6) is -0.375. The molecule has 116 valence electrons. The molecule has 22 heavy (non-hydrogen) atoms. The summed E-state index contributed by atoms with van der Waals surface area (Å²) in [7, 11) is 0. The second-order valence-corrected chi connectivity index (χ2v) is 5.12. The average molecular weight is 323 g/mol. The van der Waals surface area contributed by atoms with Crippen LogP contribution >= 0.6 is 11.6 Å². The summed E-state index contributed by atoms with van der Waals surface area (Å²) in [6.45, 7) is 3.26. The Kier molecular flexibility index (Phi) is 5.16. The van der Waals surface area contributed by atoms with Crippen molar-refractivity contribution in [2.45, 2.75) is 26.5 Å². The minimum atomic E-state index is -0.809. The maximum Gasteiger partial charge on any atom is 0.328 e. The van der Waals surface area contributed by atoms with Gasteiger partial charge in [-0.05, 0) is 26.0 Å². The molecule has 1 aromatic heterocycles. The Bertz CT molecular complexity index is 684. The lowest BCUT2D eigenvalue weighted by Crippen LogP contribution is -2.39. The summed E-state index contributed by atoms with van der Waals surface area (Å²) >= 11 is 5.93. The lowest BCUT2D eigenvalue weighted by molar-refractivity contribution is -0.146. The maximum atomic E-state index is 12.0. The van der Waals surface area contributed by atoms with Crippen molar-refractivity contribution < 1.29 is 18.8 Å². The molecule has 1 aromatic carbocycles. The Morgan fingerprint density at radius 2 is 2.14 bits per heavy atom. The first kappa shape index (κ1) is 16.0. The number of aryl methyl sites for hydroxylation is 1. The molecule has 1 N–H and O–H groups in total. The number of aromatic nitrogens is 1. The fourth-order valence-electron chi connectivity index (χ4n) is 1.73. The first-order chi connectivity index (χ1) is 10.5. The SMILES string of the molecule is Cc1cc(COC(=O)[C@H](C)NC(=O)c2ccccc2Cl)no1. The zero-order valence-electron chi connectivity index (χ0n) is 12.1. The Labute approximate surface area is 132 Å². The number of esters is 1. The molecule has 6 nitrogen and oxygen atoms in total. The number of rotatable bonds is 5. The van der Waals surface area contributed by atoms with Crippen LogP contribution in [0, 0.1) is 6.92 Å². The lowest BCUT2D eigenvalue weighted by Gasteiger charge is -2.13. The molecule has 0 aliphatic carbocycles. The summed E-state index contributed by atoms with van der Waals surface area (Å²) in [5, 5.41) is 6.56. The molecule has 0 radical (unpaired) electrons. The normalized spacial score (nSPS) is 11.8. The van der Waals surface area contributed by atoms with E-state index >= 15 is 0 Å². The van der Waals surface area contributed by atoms with Crippen molar-refractivity contribution in [1.82, 2.24) is 10.5 Å². The second-order valence-electron chi connectivity index (χ2n) is 4.71. The second kappa shape index (κ2) is 7.09. The van der Waals surface area contributed by atoms with Gasteiger partial charge in [-0.15, -0.1) is 0 Å². The van der Waals surface area contributed by atoms with Gasteiger partial charge in [0.2, 0.25) is 0 Å². The van der Waals surface area contributed by atoms with E-state index in [1.54, 1.807) is 37.3 Å². The van der Waals surface area contributed by atoms with Crippen molar-refractivity contribution in [3.63, 3.8) is 0 Å². The molecule has 1 heterocycles. The summed E-state index contributed by atoms with van der Waals surface area (Å²) in [5.41, 5.74) is 0.812. The first-order valence-electron chi connectivity index (χ1n) is 6.61. The average Bonchev–Trinajstić information content (AvgIpc) is 2.90.